The number of hydrogen-bond acceptors (Lipinski definition) is 3. The second-order valence-electron chi connectivity index (χ2n) is 4.72. The predicted molar refractivity (Wildman–Crippen MR) is 82.7 cm³/mol. The fraction of sp³-hybridized carbons (Fsp3) is 0.188. The summed E-state index contributed by atoms with van der Waals surface area (Å²) in [4.78, 5) is 20.9. The van der Waals surface area contributed by atoms with Crippen molar-refractivity contribution in [3.63, 3.8) is 0 Å². The van der Waals surface area contributed by atoms with Crippen LogP contribution in [0.25, 0.3) is 11.0 Å². The quantitative estimate of drug-likeness (QED) is 0.692. The van der Waals surface area contributed by atoms with E-state index < -0.39 is 0 Å². The molecule has 2 heterocycles. The van der Waals surface area contributed by atoms with Crippen LogP contribution in [0, 0.1) is 0 Å². The van der Waals surface area contributed by atoms with Crippen LogP contribution in [0.1, 0.15) is 23.2 Å². The van der Waals surface area contributed by atoms with E-state index >= 15 is 0 Å². The Labute approximate surface area is 127 Å². The summed E-state index contributed by atoms with van der Waals surface area (Å²) in [5.41, 5.74) is 2.37. The normalized spacial score (nSPS) is 11.0. The van der Waals surface area contributed by atoms with Gasteiger partial charge in [0.15, 0.2) is 5.78 Å². The maximum Gasteiger partial charge on any atom is 0.188 e. The van der Waals surface area contributed by atoms with E-state index in [9.17, 15) is 4.79 Å². The molecular formula is C16H14ClN3O. The number of fused-ring (bicyclic) bond motifs is 1. The maximum absolute atomic E-state index is 12.3. The maximum atomic E-state index is 12.3. The summed E-state index contributed by atoms with van der Waals surface area (Å²) < 4.78 is 2.06. The highest BCUT2D eigenvalue weighted by Crippen LogP contribution is 2.17. The fourth-order valence-corrected chi connectivity index (χ4v) is 2.50. The molecule has 0 radical (unpaired) electrons. The number of aromatic nitrogens is 3. The van der Waals surface area contributed by atoms with Crippen LogP contribution in [0.2, 0.25) is 5.02 Å². The zero-order valence-corrected chi connectivity index (χ0v) is 12.3. The van der Waals surface area contributed by atoms with E-state index in [1.54, 1.807) is 12.1 Å². The summed E-state index contributed by atoms with van der Waals surface area (Å²) in [6, 6.07) is 11.2. The minimum Gasteiger partial charge on any atom is -0.328 e. The first kappa shape index (κ1) is 13.8. The number of benzene rings is 1. The van der Waals surface area contributed by atoms with Gasteiger partial charge in [0.2, 0.25) is 0 Å². The van der Waals surface area contributed by atoms with Crippen molar-refractivity contribution in [2.24, 2.45) is 0 Å². The lowest BCUT2D eigenvalue weighted by Crippen LogP contribution is -2.11. The number of imidazole rings is 1. The van der Waals surface area contributed by atoms with E-state index in [1.807, 2.05) is 31.2 Å². The van der Waals surface area contributed by atoms with Crippen molar-refractivity contribution in [1.29, 1.82) is 0 Å². The van der Waals surface area contributed by atoms with Gasteiger partial charge in [-0.2, -0.15) is 0 Å². The monoisotopic (exact) mass is 299 g/mol. The number of carbonyl (C=O) groups is 1. The molecule has 0 unspecified atom stereocenters. The van der Waals surface area contributed by atoms with Gasteiger partial charge < -0.3 is 4.57 Å². The fourth-order valence-electron chi connectivity index (χ4n) is 2.39. The summed E-state index contributed by atoms with van der Waals surface area (Å²) in [5, 5.41) is 0.521. The molecule has 0 saturated heterocycles. The number of halogens is 1. The molecule has 0 aliphatic rings. The number of aryl methyl sites for hydroxylation is 1. The minimum absolute atomic E-state index is 0.0586. The predicted octanol–water partition coefficient (Wildman–Crippen LogP) is 3.53. The zero-order valence-electron chi connectivity index (χ0n) is 11.6. The highest BCUT2D eigenvalue weighted by atomic mass is 35.5. The molecule has 0 aliphatic carbocycles. The third-order valence-corrected chi connectivity index (χ3v) is 3.61. The SMILES string of the molecule is CCn1c(CC(=O)c2ccc(Cl)cn2)nc2ccccc21. The Balaban J connectivity index is 1.94. The molecule has 0 fully saturated rings. The lowest BCUT2D eigenvalue weighted by atomic mass is 10.2. The Bertz CT molecular complexity index is 793. The van der Waals surface area contributed by atoms with Crippen LogP contribution in [-0.4, -0.2) is 20.3 Å². The first-order chi connectivity index (χ1) is 10.2. The van der Waals surface area contributed by atoms with Crippen LogP contribution in [0.5, 0.6) is 0 Å². The topological polar surface area (TPSA) is 47.8 Å². The van der Waals surface area contributed by atoms with E-state index in [4.69, 9.17) is 11.6 Å². The van der Waals surface area contributed by atoms with Crippen molar-refractivity contribution < 1.29 is 4.79 Å². The molecule has 1 aromatic carbocycles. The van der Waals surface area contributed by atoms with Gasteiger partial charge in [-0.1, -0.05) is 23.7 Å². The number of carbonyl (C=O) groups excluding carboxylic acids is 1. The van der Waals surface area contributed by atoms with Crippen LogP contribution in [0.15, 0.2) is 42.6 Å². The lowest BCUT2D eigenvalue weighted by Gasteiger charge is -2.05. The number of hydrogen-bond donors (Lipinski definition) is 0. The van der Waals surface area contributed by atoms with Gasteiger partial charge in [0.05, 0.1) is 22.5 Å². The Morgan fingerprint density at radius 1 is 1.24 bits per heavy atom. The molecule has 5 heteroatoms. The number of nitrogens with zero attached hydrogens (tertiary/aromatic N) is 3. The van der Waals surface area contributed by atoms with E-state index in [2.05, 4.69) is 14.5 Å². The molecule has 3 rings (SSSR count). The third kappa shape index (κ3) is 2.67. The van der Waals surface area contributed by atoms with Crippen LogP contribution >= 0.6 is 11.6 Å². The Hall–Kier alpha value is -2.20. The largest absolute Gasteiger partial charge is 0.328 e. The van der Waals surface area contributed by atoms with Crippen molar-refractivity contribution in [3.05, 3.63) is 59.1 Å². The molecule has 2 aromatic heterocycles. The van der Waals surface area contributed by atoms with Gasteiger partial charge in [0, 0.05) is 12.7 Å². The Kier molecular flexibility index (Phi) is 3.71. The van der Waals surface area contributed by atoms with Crippen LogP contribution < -0.4 is 0 Å². The van der Waals surface area contributed by atoms with Crippen molar-refractivity contribution in [2.75, 3.05) is 0 Å². The Morgan fingerprint density at radius 3 is 2.76 bits per heavy atom. The second-order valence-corrected chi connectivity index (χ2v) is 5.16. The van der Waals surface area contributed by atoms with Gasteiger partial charge in [0.1, 0.15) is 11.5 Å². The molecule has 0 atom stereocenters. The summed E-state index contributed by atoms with van der Waals surface area (Å²) in [6.45, 7) is 2.82. The van der Waals surface area contributed by atoms with Crippen LogP contribution in [0.4, 0.5) is 0 Å². The van der Waals surface area contributed by atoms with E-state index in [-0.39, 0.29) is 12.2 Å². The molecule has 3 aromatic rings. The van der Waals surface area contributed by atoms with E-state index in [0.29, 0.717) is 10.7 Å². The number of Topliss-reactive ketones (excluding diaryl/α,β-unsaturated/α-hetero) is 1. The van der Waals surface area contributed by atoms with Crippen molar-refractivity contribution in [2.45, 2.75) is 19.9 Å². The molecule has 21 heavy (non-hydrogen) atoms. The molecule has 4 nitrogen and oxygen atoms in total. The molecular weight excluding hydrogens is 286 g/mol. The highest BCUT2D eigenvalue weighted by molar-refractivity contribution is 6.30. The number of rotatable bonds is 4. The molecule has 0 amide bonds. The first-order valence-electron chi connectivity index (χ1n) is 6.78. The van der Waals surface area contributed by atoms with Gasteiger partial charge in [-0.3, -0.25) is 9.78 Å². The molecule has 0 spiro atoms. The summed E-state index contributed by atoms with van der Waals surface area (Å²) >= 11 is 5.79. The molecule has 0 N–H and O–H groups in total. The highest BCUT2D eigenvalue weighted by Gasteiger charge is 2.15. The lowest BCUT2D eigenvalue weighted by molar-refractivity contribution is 0.0985. The summed E-state index contributed by atoms with van der Waals surface area (Å²) in [7, 11) is 0. The zero-order chi connectivity index (χ0) is 14.8. The van der Waals surface area contributed by atoms with Crippen LogP contribution in [-0.2, 0) is 13.0 Å². The van der Waals surface area contributed by atoms with Crippen molar-refractivity contribution in [3.8, 4) is 0 Å². The van der Waals surface area contributed by atoms with Gasteiger partial charge in [-0.25, -0.2) is 4.98 Å². The van der Waals surface area contributed by atoms with Crippen LogP contribution in [0.3, 0.4) is 0 Å². The average Bonchev–Trinajstić information content (AvgIpc) is 2.84. The third-order valence-electron chi connectivity index (χ3n) is 3.38. The second kappa shape index (κ2) is 5.66. The first-order valence-corrected chi connectivity index (χ1v) is 7.15. The summed E-state index contributed by atoms with van der Waals surface area (Å²) in [6.07, 6.45) is 1.72. The van der Waals surface area contributed by atoms with Crippen molar-refractivity contribution >= 4 is 28.4 Å². The smallest absolute Gasteiger partial charge is 0.188 e. The van der Waals surface area contributed by atoms with Gasteiger partial charge in [-0.15, -0.1) is 0 Å². The van der Waals surface area contributed by atoms with Gasteiger partial charge in [0.25, 0.3) is 0 Å². The molecule has 0 bridgehead atoms. The van der Waals surface area contributed by atoms with Gasteiger partial charge >= 0.3 is 0 Å². The number of ketones is 1. The molecule has 106 valence electrons. The Morgan fingerprint density at radius 2 is 2.05 bits per heavy atom. The van der Waals surface area contributed by atoms with E-state index in [0.717, 1.165) is 23.4 Å². The number of para-hydroxylation sites is 2. The molecule has 0 saturated carbocycles. The summed E-state index contributed by atoms with van der Waals surface area (Å²) in [5.74, 6) is 0.706. The standard InChI is InChI=1S/C16H14ClN3O/c1-2-20-14-6-4-3-5-12(14)19-16(20)9-15(21)13-8-7-11(17)10-18-13/h3-8,10H,2,9H2,1H3. The molecule has 0 aliphatic heterocycles. The van der Waals surface area contributed by atoms with Gasteiger partial charge in [-0.05, 0) is 31.2 Å². The minimum atomic E-state index is -0.0586. The van der Waals surface area contributed by atoms with Crippen molar-refractivity contribution in [1.82, 2.24) is 14.5 Å². The average molecular weight is 300 g/mol. The van der Waals surface area contributed by atoms with E-state index in [1.165, 1.54) is 6.20 Å². The number of pyridine rings is 1.